The van der Waals surface area contributed by atoms with Crippen molar-refractivity contribution in [3.8, 4) is 5.75 Å². The lowest BCUT2D eigenvalue weighted by Gasteiger charge is -2.28. The molecule has 1 saturated heterocycles. The molecule has 1 heterocycles. The average Bonchev–Trinajstić information content (AvgIpc) is 2.48. The van der Waals surface area contributed by atoms with Crippen molar-refractivity contribution < 1.29 is 14.4 Å². The molecule has 19 heavy (non-hydrogen) atoms. The minimum Gasteiger partial charge on any atom is -0.497 e. The third kappa shape index (κ3) is 3.70. The van der Waals surface area contributed by atoms with E-state index in [4.69, 9.17) is 4.74 Å². The summed E-state index contributed by atoms with van der Waals surface area (Å²) < 4.78 is 5.10. The zero-order chi connectivity index (χ0) is 13.7. The summed E-state index contributed by atoms with van der Waals surface area (Å²) in [7, 11) is 1.63. The van der Waals surface area contributed by atoms with Gasteiger partial charge in [0.1, 0.15) is 5.75 Å². The number of quaternary nitrogens is 1. The maximum Gasteiger partial charge on any atom is 0.282 e. The fourth-order valence-electron chi connectivity index (χ4n) is 2.55. The van der Waals surface area contributed by atoms with Gasteiger partial charge in [-0.15, -0.1) is 0 Å². The molecule has 1 amide bonds. The summed E-state index contributed by atoms with van der Waals surface area (Å²) in [5, 5.41) is 2.97. The van der Waals surface area contributed by atoms with E-state index in [1.54, 1.807) is 7.11 Å². The molecule has 4 nitrogen and oxygen atoms in total. The van der Waals surface area contributed by atoms with Crippen LogP contribution in [-0.2, 0) is 4.79 Å². The molecular formula is C15H23N2O2+. The molecule has 0 aromatic heterocycles. The third-order valence-electron chi connectivity index (χ3n) is 3.86. The van der Waals surface area contributed by atoms with E-state index in [1.807, 2.05) is 31.2 Å². The van der Waals surface area contributed by atoms with E-state index in [2.05, 4.69) is 5.32 Å². The van der Waals surface area contributed by atoms with Gasteiger partial charge in [0.05, 0.1) is 20.2 Å². The Morgan fingerprint density at radius 1 is 1.21 bits per heavy atom. The summed E-state index contributed by atoms with van der Waals surface area (Å²) in [5.74, 6) is 0.898. The van der Waals surface area contributed by atoms with E-state index < -0.39 is 0 Å². The number of likely N-dealkylation sites (tertiary alicyclic amines) is 1. The highest BCUT2D eigenvalue weighted by atomic mass is 16.5. The Kier molecular flexibility index (Phi) is 4.80. The van der Waals surface area contributed by atoms with Crippen molar-refractivity contribution >= 4 is 11.6 Å². The van der Waals surface area contributed by atoms with Gasteiger partial charge in [-0.1, -0.05) is 0 Å². The molecule has 2 rings (SSSR count). The molecule has 0 unspecified atom stereocenters. The summed E-state index contributed by atoms with van der Waals surface area (Å²) in [5.41, 5.74) is 0.828. The van der Waals surface area contributed by atoms with Crippen LogP contribution in [0.25, 0.3) is 0 Å². The fourth-order valence-corrected chi connectivity index (χ4v) is 2.55. The lowest BCUT2D eigenvalue weighted by molar-refractivity contribution is -0.918. The van der Waals surface area contributed by atoms with Crippen LogP contribution in [0.3, 0.4) is 0 Å². The number of carbonyl (C=O) groups excluding carboxylic acids is 1. The number of rotatable bonds is 4. The van der Waals surface area contributed by atoms with Crippen molar-refractivity contribution in [2.45, 2.75) is 32.2 Å². The van der Waals surface area contributed by atoms with E-state index in [9.17, 15) is 4.79 Å². The topological polar surface area (TPSA) is 42.8 Å². The Morgan fingerprint density at radius 3 is 2.42 bits per heavy atom. The number of hydrogen-bond donors (Lipinski definition) is 2. The SMILES string of the molecule is COc1ccc(NC(=O)[C@H](C)[NH+]2CCCCC2)cc1. The van der Waals surface area contributed by atoms with E-state index in [0.717, 1.165) is 24.5 Å². The number of amides is 1. The van der Waals surface area contributed by atoms with Gasteiger partial charge in [-0.25, -0.2) is 0 Å². The smallest absolute Gasteiger partial charge is 0.282 e. The minimum absolute atomic E-state index is 0.0161. The number of ether oxygens (including phenoxy) is 1. The highest BCUT2D eigenvalue weighted by Crippen LogP contribution is 2.14. The summed E-state index contributed by atoms with van der Waals surface area (Å²) >= 11 is 0. The molecule has 0 aliphatic carbocycles. The molecule has 104 valence electrons. The number of benzene rings is 1. The maximum atomic E-state index is 12.2. The molecule has 1 aliphatic heterocycles. The lowest BCUT2D eigenvalue weighted by atomic mass is 10.1. The molecule has 4 heteroatoms. The highest BCUT2D eigenvalue weighted by Gasteiger charge is 2.26. The molecule has 0 spiro atoms. The minimum atomic E-state index is 0.0161. The Labute approximate surface area is 114 Å². The molecule has 1 aliphatic rings. The van der Waals surface area contributed by atoms with Gasteiger partial charge in [-0.05, 0) is 50.5 Å². The second-order valence-electron chi connectivity index (χ2n) is 5.16. The first kappa shape index (κ1) is 13.9. The molecular weight excluding hydrogens is 240 g/mol. The summed E-state index contributed by atoms with van der Waals surface area (Å²) in [4.78, 5) is 13.6. The van der Waals surface area contributed by atoms with Crippen molar-refractivity contribution in [3.63, 3.8) is 0 Å². The molecule has 0 saturated carbocycles. The summed E-state index contributed by atoms with van der Waals surface area (Å²) in [6.07, 6.45) is 3.77. The summed E-state index contributed by atoms with van der Waals surface area (Å²) in [6.45, 7) is 4.23. The molecule has 0 radical (unpaired) electrons. The number of nitrogens with one attached hydrogen (secondary N) is 2. The van der Waals surface area contributed by atoms with E-state index in [1.165, 1.54) is 24.2 Å². The van der Waals surface area contributed by atoms with Crippen molar-refractivity contribution in [2.24, 2.45) is 0 Å². The molecule has 2 N–H and O–H groups in total. The van der Waals surface area contributed by atoms with Gasteiger partial charge in [0, 0.05) is 5.69 Å². The molecule has 1 aromatic rings. The van der Waals surface area contributed by atoms with Crippen molar-refractivity contribution in [2.75, 3.05) is 25.5 Å². The predicted molar refractivity (Wildman–Crippen MR) is 75.6 cm³/mol. The van der Waals surface area contributed by atoms with Crippen molar-refractivity contribution in [1.29, 1.82) is 0 Å². The van der Waals surface area contributed by atoms with Gasteiger partial charge >= 0.3 is 0 Å². The standard InChI is InChI=1S/C15H22N2O2/c1-12(17-10-4-3-5-11-17)15(18)16-13-6-8-14(19-2)9-7-13/h6-9,12H,3-5,10-11H2,1-2H3,(H,16,18)/p+1/t12-/m0/s1. The first-order valence-electron chi connectivity index (χ1n) is 7.00. The van der Waals surface area contributed by atoms with E-state index in [-0.39, 0.29) is 11.9 Å². The fraction of sp³-hybridized carbons (Fsp3) is 0.533. The van der Waals surface area contributed by atoms with Crippen LogP contribution in [0.5, 0.6) is 5.75 Å². The molecule has 1 fully saturated rings. The average molecular weight is 263 g/mol. The van der Waals surface area contributed by atoms with Gasteiger partial charge in [-0.3, -0.25) is 4.79 Å². The first-order chi connectivity index (χ1) is 9.20. The number of piperidine rings is 1. The normalized spacial score (nSPS) is 17.8. The van der Waals surface area contributed by atoms with Crippen LogP contribution >= 0.6 is 0 Å². The second kappa shape index (κ2) is 6.57. The third-order valence-corrected chi connectivity index (χ3v) is 3.86. The maximum absolute atomic E-state index is 12.2. The van der Waals surface area contributed by atoms with Crippen LogP contribution in [0.1, 0.15) is 26.2 Å². The Bertz CT molecular complexity index is 411. The van der Waals surface area contributed by atoms with Gasteiger partial charge in [0.2, 0.25) is 0 Å². The van der Waals surface area contributed by atoms with Crippen LogP contribution in [0.4, 0.5) is 5.69 Å². The quantitative estimate of drug-likeness (QED) is 0.854. The van der Waals surface area contributed by atoms with Gasteiger partial charge in [0.25, 0.3) is 5.91 Å². The van der Waals surface area contributed by atoms with Crippen LogP contribution in [0.15, 0.2) is 24.3 Å². The monoisotopic (exact) mass is 263 g/mol. The van der Waals surface area contributed by atoms with Crippen LogP contribution in [0.2, 0.25) is 0 Å². The Hall–Kier alpha value is -1.55. The largest absolute Gasteiger partial charge is 0.497 e. The van der Waals surface area contributed by atoms with Gasteiger partial charge < -0.3 is 15.0 Å². The number of carbonyl (C=O) groups is 1. The van der Waals surface area contributed by atoms with Crippen LogP contribution < -0.4 is 15.0 Å². The number of anilines is 1. The summed E-state index contributed by atoms with van der Waals surface area (Å²) in [6, 6.07) is 7.47. The predicted octanol–water partition coefficient (Wildman–Crippen LogP) is 1.09. The highest BCUT2D eigenvalue weighted by molar-refractivity contribution is 5.93. The molecule has 1 atom stereocenters. The zero-order valence-electron chi connectivity index (χ0n) is 11.7. The Morgan fingerprint density at radius 2 is 1.84 bits per heavy atom. The molecule has 1 aromatic carbocycles. The van der Waals surface area contributed by atoms with Crippen molar-refractivity contribution in [3.05, 3.63) is 24.3 Å². The van der Waals surface area contributed by atoms with Gasteiger partial charge in [-0.2, -0.15) is 0 Å². The van der Waals surface area contributed by atoms with Crippen molar-refractivity contribution in [1.82, 2.24) is 0 Å². The molecule has 0 bridgehead atoms. The number of hydrogen-bond acceptors (Lipinski definition) is 2. The van der Waals surface area contributed by atoms with Gasteiger partial charge in [0.15, 0.2) is 6.04 Å². The lowest BCUT2D eigenvalue weighted by Crippen LogP contribution is -3.17. The van der Waals surface area contributed by atoms with Crippen LogP contribution in [0, 0.1) is 0 Å². The van der Waals surface area contributed by atoms with E-state index >= 15 is 0 Å². The van der Waals surface area contributed by atoms with Crippen LogP contribution in [-0.4, -0.2) is 32.1 Å². The first-order valence-corrected chi connectivity index (χ1v) is 7.00. The number of methoxy groups -OCH3 is 1. The Balaban J connectivity index is 1.91. The van der Waals surface area contributed by atoms with E-state index in [0.29, 0.717) is 0 Å². The zero-order valence-corrected chi connectivity index (χ0v) is 11.7. The second-order valence-corrected chi connectivity index (χ2v) is 5.16.